The summed E-state index contributed by atoms with van der Waals surface area (Å²) in [7, 11) is 0. The summed E-state index contributed by atoms with van der Waals surface area (Å²) in [5.74, 6) is 0.300. The Bertz CT molecular complexity index is 375. The van der Waals surface area contributed by atoms with Crippen molar-refractivity contribution in [3.05, 3.63) is 20.8 Å². The number of nitriles is 1. The molecule has 0 radical (unpaired) electrons. The van der Waals surface area contributed by atoms with Crippen molar-refractivity contribution in [2.45, 2.75) is 38.3 Å². The molecule has 2 rings (SSSR count). The van der Waals surface area contributed by atoms with Crippen molar-refractivity contribution in [2.75, 3.05) is 0 Å². The predicted octanol–water partition coefficient (Wildman–Crippen LogP) is 3.68. The standard InChI is InChI=1S/C12H15BrN2S/c13-12-6-5-11(16-12)8-15-10-3-1-9(7-14)2-4-10/h5-6,9-10,15H,1-4,8H2. The molecule has 0 aliphatic heterocycles. The zero-order chi connectivity index (χ0) is 11.4. The second kappa shape index (κ2) is 5.81. The molecule has 1 aromatic rings. The Hall–Kier alpha value is -0.370. The van der Waals surface area contributed by atoms with Crippen LogP contribution in [0.15, 0.2) is 15.9 Å². The van der Waals surface area contributed by atoms with Gasteiger partial charge in [-0.1, -0.05) is 0 Å². The van der Waals surface area contributed by atoms with Crippen LogP contribution in [0.1, 0.15) is 30.6 Å². The summed E-state index contributed by atoms with van der Waals surface area (Å²) in [4.78, 5) is 1.37. The van der Waals surface area contributed by atoms with E-state index in [1.807, 2.05) is 0 Å². The number of thiophene rings is 1. The normalized spacial score (nSPS) is 25.2. The first-order valence-corrected chi connectivity index (χ1v) is 7.26. The van der Waals surface area contributed by atoms with Crippen LogP contribution < -0.4 is 5.32 Å². The highest BCUT2D eigenvalue weighted by molar-refractivity contribution is 9.11. The molecule has 16 heavy (non-hydrogen) atoms. The molecule has 1 N–H and O–H groups in total. The van der Waals surface area contributed by atoms with Gasteiger partial charge in [-0.25, -0.2) is 0 Å². The van der Waals surface area contributed by atoms with Crippen LogP contribution in [0.5, 0.6) is 0 Å². The molecule has 1 aromatic heterocycles. The molecule has 0 spiro atoms. The quantitative estimate of drug-likeness (QED) is 0.924. The number of hydrogen-bond donors (Lipinski definition) is 1. The largest absolute Gasteiger partial charge is 0.309 e. The first kappa shape index (κ1) is 12.1. The average molecular weight is 299 g/mol. The predicted molar refractivity (Wildman–Crippen MR) is 70.2 cm³/mol. The van der Waals surface area contributed by atoms with Crippen LogP contribution in [0.4, 0.5) is 0 Å². The maximum atomic E-state index is 8.81. The van der Waals surface area contributed by atoms with Crippen molar-refractivity contribution in [1.29, 1.82) is 5.26 Å². The van der Waals surface area contributed by atoms with Gasteiger partial charge in [0, 0.05) is 23.4 Å². The fourth-order valence-electron chi connectivity index (χ4n) is 2.12. The Labute approximate surface area is 109 Å². The van der Waals surface area contributed by atoms with E-state index in [4.69, 9.17) is 5.26 Å². The maximum absolute atomic E-state index is 8.81. The van der Waals surface area contributed by atoms with Crippen LogP contribution in [-0.4, -0.2) is 6.04 Å². The summed E-state index contributed by atoms with van der Waals surface area (Å²) >= 11 is 5.25. The number of nitrogens with one attached hydrogen (secondary N) is 1. The molecule has 0 atom stereocenters. The Morgan fingerprint density at radius 2 is 2.12 bits per heavy atom. The lowest BCUT2D eigenvalue weighted by molar-refractivity contribution is 0.332. The molecule has 1 heterocycles. The van der Waals surface area contributed by atoms with Crippen LogP contribution in [0, 0.1) is 17.2 Å². The van der Waals surface area contributed by atoms with Crippen LogP contribution in [-0.2, 0) is 6.54 Å². The van der Waals surface area contributed by atoms with Gasteiger partial charge in [0.25, 0.3) is 0 Å². The summed E-state index contributed by atoms with van der Waals surface area (Å²) in [5.41, 5.74) is 0. The van der Waals surface area contributed by atoms with E-state index in [1.54, 1.807) is 11.3 Å². The monoisotopic (exact) mass is 298 g/mol. The highest BCUT2D eigenvalue weighted by atomic mass is 79.9. The molecule has 1 aliphatic carbocycles. The van der Waals surface area contributed by atoms with Gasteiger partial charge in [0.05, 0.1) is 9.86 Å². The highest BCUT2D eigenvalue weighted by Crippen LogP contribution is 2.25. The van der Waals surface area contributed by atoms with E-state index in [-0.39, 0.29) is 0 Å². The lowest BCUT2D eigenvalue weighted by Gasteiger charge is -2.25. The average Bonchev–Trinajstić information content (AvgIpc) is 2.73. The second-order valence-corrected chi connectivity index (χ2v) is 6.81. The Morgan fingerprint density at radius 1 is 1.38 bits per heavy atom. The Kier molecular flexibility index (Phi) is 4.39. The zero-order valence-corrected chi connectivity index (χ0v) is 11.5. The number of halogens is 1. The Balaban J connectivity index is 1.74. The molecular formula is C12H15BrN2S. The van der Waals surface area contributed by atoms with Crippen molar-refractivity contribution >= 4 is 27.3 Å². The van der Waals surface area contributed by atoms with Gasteiger partial charge < -0.3 is 5.32 Å². The molecule has 0 amide bonds. The third kappa shape index (κ3) is 3.31. The summed E-state index contributed by atoms with van der Waals surface area (Å²) in [6.45, 7) is 0.957. The van der Waals surface area contributed by atoms with E-state index < -0.39 is 0 Å². The van der Waals surface area contributed by atoms with E-state index in [2.05, 4.69) is 39.4 Å². The minimum atomic E-state index is 0.300. The first-order valence-electron chi connectivity index (χ1n) is 5.65. The molecule has 0 unspecified atom stereocenters. The van der Waals surface area contributed by atoms with Crippen LogP contribution in [0.3, 0.4) is 0 Å². The second-order valence-electron chi connectivity index (χ2n) is 4.26. The summed E-state index contributed by atoms with van der Waals surface area (Å²) < 4.78 is 1.19. The smallest absolute Gasteiger partial charge is 0.0701 e. The third-order valence-corrected chi connectivity index (χ3v) is 4.73. The highest BCUT2D eigenvalue weighted by Gasteiger charge is 2.20. The van der Waals surface area contributed by atoms with Crippen molar-refractivity contribution in [3.8, 4) is 6.07 Å². The number of hydrogen-bond acceptors (Lipinski definition) is 3. The lowest BCUT2D eigenvalue weighted by atomic mass is 9.87. The molecular weight excluding hydrogens is 284 g/mol. The van der Waals surface area contributed by atoms with E-state index >= 15 is 0 Å². The van der Waals surface area contributed by atoms with Gasteiger partial charge in [-0.2, -0.15) is 5.26 Å². The number of nitrogens with zero attached hydrogens (tertiary/aromatic N) is 1. The fraction of sp³-hybridized carbons (Fsp3) is 0.583. The van der Waals surface area contributed by atoms with Gasteiger partial charge in [-0.3, -0.25) is 0 Å². The molecule has 0 aromatic carbocycles. The molecule has 86 valence electrons. The minimum Gasteiger partial charge on any atom is -0.309 e. The first-order chi connectivity index (χ1) is 7.78. The van der Waals surface area contributed by atoms with Crippen LogP contribution >= 0.6 is 27.3 Å². The van der Waals surface area contributed by atoms with Gasteiger partial charge in [-0.05, 0) is 53.7 Å². The third-order valence-electron chi connectivity index (χ3n) is 3.10. The zero-order valence-electron chi connectivity index (χ0n) is 9.08. The van der Waals surface area contributed by atoms with Crippen LogP contribution in [0.25, 0.3) is 0 Å². The Morgan fingerprint density at radius 3 is 2.69 bits per heavy atom. The van der Waals surface area contributed by atoms with Crippen molar-refractivity contribution < 1.29 is 0 Å². The number of rotatable bonds is 3. The topological polar surface area (TPSA) is 35.8 Å². The maximum Gasteiger partial charge on any atom is 0.0701 e. The van der Waals surface area contributed by atoms with Crippen molar-refractivity contribution in [2.24, 2.45) is 5.92 Å². The van der Waals surface area contributed by atoms with E-state index in [0.29, 0.717) is 12.0 Å². The molecule has 0 saturated heterocycles. The summed E-state index contributed by atoms with van der Waals surface area (Å²) in [6.07, 6.45) is 4.40. The molecule has 2 nitrogen and oxygen atoms in total. The fourth-order valence-corrected chi connectivity index (χ4v) is 3.55. The van der Waals surface area contributed by atoms with Gasteiger partial charge in [0.2, 0.25) is 0 Å². The van der Waals surface area contributed by atoms with Crippen molar-refractivity contribution in [3.63, 3.8) is 0 Å². The molecule has 1 saturated carbocycles. The molecule has 1 fully saturated rings. The lowest BCUT2D eigenvalue weighted by Crippen LogP contribution is -2.32. The molecule has 4 heteroatoms. The SMILES string of the molecule is N#CC1CCC(NCc2ccc(Br)s2)CC1. The molecule has 1 aliphatic rings. The van der Waals surface area contributed by atoms with Gasteiger partial charge in [0.15, 0.2) is 0 Å². The molecule has 0 bridgehead atoms. The van der Waals surface area contributed by atoms with Gasteiger partial charge in [-0.15, -0.1) is 11.3 Å². The van der Waals surface area contributed by atoms with E-state index in [9.17, 15) is 0 Å². The summed E-state index contributed by atoms with van der Waals surface area (Å²) in [5, 5.41) is 12.4. The van der Waals surface area contributed by atoms with Crippen LogP contribution in [0.2, 0.25) is 0 Å². The van der Waals surface area contributed by atoms with E-state index in [1.165, 1.54) is 8.66 Å². The van der Waals surface area contributed by atoms with Gasteiger partial charge >= 0.3 is 0 Å². The van der Waals surface area contributed by atoms with Crippen molar-refractivity contribution in [1.82, 2.24) is 5.32 Å². The van der Waals surface area contributed by atoms with E-state index in [0.717, 1.165) is 32.2 Å². The summed E-state index contributed by atoms with van der Waals surface area (Å²) in [6, 6.07) is 7.22. The van der Waals surface area contributed by atoms with Gasteiger partial charge in [0.1, 0.15) is 0 Å². The minimum absolute atomic E-state index is 0.300.